The zero-order chi connectivity index (χ0) is 18.1. The minimum absolute atomic E-state index is 0.0253. The molecule has 0 fully saturated rings. The summed E-state index contributed by atoms with van der Waals surface area (Å²) < 4.78 is 5.39. The molecule has 3 rings (SSSR count). The van der Waals surface area contributed by atoms with Crippen LogP contribution in [0.1, 0.15) is 40.4 Å². The van der Waals surface area contributed by atoms with E-state index in [2.05, 4.69) is 0 Å². The molecule has 0 aliphatic carbocycles. The van der Waals surface area contributed by atoms with Crippen molar-refractivity contribution < 1.29 is 24.5 Å². The number of carbonyl (C=O) groups is 2. The van der Waals surface area contributed by atoms with Crippen molar-refractivity contribution >= 4 is 11.9 Å². The van der Waals surface area contributed by atoms with Gasteiger partial charge in [0.25, 0.3) is 5.91 Å². The quantitative estimate of drug-likeness (QED) is 0.893. The molecule has 6 heteroatoms. The molecule has 0 saturated heterocycles. The SMILES string of the molecule is CCOc1cc([C@H]2[C@@H](C(=O)O)c3ccccc3C(=O)N2C)ccc1O. The van der Waals surface area contributed by atoms with E-state index < -0.39 is 17.9 Å². The van der Waals surface area contributed by atoms with Gasteiger partial charge in [-0.15, -0.1) is 0 Å². The number of rotatable bonds is 4. The number of aromatic hydroxyl groups is 1. The molecule has 0 aromatic heterocycles. The number of benzene rings is 2. The van der Waals surface area contributed by atoms with Crippen LogP contribution in [0.4, 0.5) is 0 Å². The number of nitrogens with zero attached hydrogens (tertiary/aromatic N) is 1. The van der Waals surface area contributed by atoms with E-state index in [-0.39, 0.29) is 17.4 Å². The summed E-state index contributed by atoms with van der Waals surface area (Å²) in [5, 5.41) is 19.7. The Balaban J connectivity index is 2.16. The van der Waals surface area contributed by atoms with E-state index in [0.29, 0.717) is 23.3 Å². The van der Waals surface area contributed by atoms with Crippen molar-refractivity contribution in [3.8, 4) is 11.5 Å². The summed E-state index contributed by atoms with van der Waals surface area (Å²) in [7, 11) is 1.59. The van der Waals surface area contributed by atoms with E-state index in [0.717, 1.165) is 0 Å². The number of aliphatic carboxylic acids is 1. The van der Waals surface area contributed by atoms with E-state index in [1.54, 1.807) is 50.4 Å². The van der Waals surface area contributed by atoms with Crippen molar-refractivity contribution in [3.63, 3.8) is 0 Å². The Morgan fingerprint density at radius 2 is 1.96 bits per heavy atom. The molecule has 2 N–H and O–H groups in total. The Kier molecular flexibility index (Phi) is 4.35. The van der Waals surface area contributed by atoms with Gasteiger partial charge in [0, 0.05) is 12.6 Å². The largest absolute Gasteiger partial charge is 0.504 e. The number of fused-ring (bicyclic) bond motifs is 1. The fourth-order valence-electron chi connectivity index (χ4n) is 3.34. The van der Waals surface area contributed by atoms with E-state index in [1.165, 1.54) is 11.0 Å². The lowest BCUT2D eigenvalue weighted by Gasteiger charge is -2.38. The van der Waals surface area contributed by atoms with Gasteiger partial charge in [0.1, 0.15) is 5.92 Å². The maximum atomic E-state index is 12.7. The summed E-state index contributed by atoms with van der Waals surface area (Å²) in [6, 6.07) is 10.7. The van der Waals surface area contributed by atoms with Gasteiger partial charge in [-0.25, -0.2) is 0 Å². The van der Waals surface area contributed by atoms with Gasteiger partial charge < -0.3 is 19.8 Å². The summed E-state index contributed by atoms with van der Waals surface area (Å²) in [5.74, 6) is -1.91. The van der Waals surface area contributed by atoms with Crippen LogP contribution in [0.25, 0.3) is 0 Å². The average Bonchev–Trinajstić information content (AvgIpc) is 2.60. The number of hydrogen-bond acceptors (Lipinski definition) is 4. The number of hydrogen-bond donors (Lipinski definition) is 2. The first-order valence-electron chi connectivity index (χ1n) is 8.00. The molecule has 0 spiro atoms. The smallest absolute Gasteiger partial charge is 0.313 e. The fraction of sp³-hybridized carbons (Fsp3) is 0.263. The molecule has 1 aliphatic heterocycles. The molecule has 25 heavy (non-hydrogen) atoms. The third kappa shape index (κ3) is 2.80. The Labute approximate surface area is 145 Å². The topological polar surface area (TPSA) is 87.1 Å². The molecule has 0 unspecified atom stereocenters. The molecule has 0 saturated carbocycles. The number of carbonyl (C=O) groups excluding carboxylic acids is 1. The van der Waals surface area contributed by atoms with Gasteiger partial charge >= 0.3 is 5.97 Å². The molecule has 1 amide bonds. The highest BCUT2D eigenvalue weighted by atomic mass is 16.5. The number of ether oxygens (including phenoxy) is 1. The van der Waals surface area contributed by atoms with Gasteiger partial charge in [0.05, 0.1) is 12.6 Å². The van der Waals surface area contributed by atoms with Crippen molar-refractivity contribution in [1.29, 1.82) is 0 Å². The second kappa shape index (κ2) is 6.47. The Bertz CT molecular complexity index is 832. The maximum absolute atomic E-state index is 12.7. The summed E-state index contributed by atoms with van der Waals surface area (Å²) in [5.41, 5.74) is 1.49. The second-order valence-electron chi connectivity index (χ2n) is 5.92. The Hall–Kier alpha value is -3.02. The summed E-state index contributed by atoms with van der Waals surface area (Å²) in [6.45, 7) is 2.15. The van der Waals surface area contributed by atoms with Crippen LogP contribution in [0.3, 0.4) is 0 Å². The summed E-state index contributed by atoms with van der Waals surface area (Å²) in [4.78, 5) is 26.1. The first-order valence-corrected chi connectivity index (χ1v) is 8.00. The number of carboxylic acid groups (broad SMARTS) is 1. The first kappa shape index (κ1) is 16.8. The Morgan fingerprint density at radius 3 is 2.64 bits per heavy atom. The molecular formula is C19H19NO5. The number of amides is 1. The van der Waals surface area contributed by atoms with E-state index in [9.17, 15) is 19.8 Å². The normalized spacial score (nSPS) is 19.4. The maximum Gasteiger partial charge on any atom is 0.313 e. The van der Waals surface area contributed by atoms with Crippen molar-refractivity contribution in [1.82, 2.24) is 4.90 Å². The molecule has 0 bridgehead atoms. The van der Waals surface area contributed by atoms with Gasteiger partial charge in [0.2, 0.25) is 0 Å². The van der Waals surface area contributed by atoms with Crippen LogP contribution in [-0.4, -0.2) is 40.6 Å². The molecule has 130 valence electrons. The third-order valence-electron chi connectivity index (χ3n) is 4.47. The molecule has 2 atom stereocenters. The van der Waals surface area contributed by atoms with Crippen molar-refractivity contribution in [2.45, 2.75) is 18.9 Å². The van der Waals surface area contributed by atoms with E-state index in [1.807, 2.05) is 0 Å². The summed E-state index contributed by atoms with van der Waals surface area (Å²) in [6.07, 6.45) is 0. The standard InChI is InChI=1S/C19H19NO5/c1-3-25-15-10-11(8-9-14(15)21)17-16(19(23)24)12-6-4-5-7-13(12)18(22)20(17)2/h4-10,16-17,21H,3H2,1-2H3,(H,23,24)/t16-,17-/m0/s1. The van der Waals surface area contributed by atoms with E-state index >= 15 is 0 Å². The highest BCUT2D eigenvalue weighted by Crippen LogP contribution is 2.43. The predicted octanol–water partition coefficient (Wildman–Crippen LogP) is 2.79. The molecule has 6 nitrogen and oxygen atoms in total. The fourth-order valence-corrected chi connectivity index (χ4v) is 3.34. The minimum Gasteiger partial charge on any atom is -0.504 e. The lowest BCUT2D eigenvalue weighted by molar-refractivity contribution is -0.140. The minimum atomic E-state index is -1.01. The second-order valence-corrected chi connectivity index (χ2v) is 5.92. The molecule has 0 radical (unpaired) electrons. The lowest BCUT2D eigenvalue weighted by atomic mass is 9.80. The zero-order valence-corrected chi connectivity index (χ0v) is 14.0. The van der Waals surface area contributed by atoms with Crippen LogP contribution in [-0.2, 0) is 4.79 Å². The number of carboxylic acids is 1. The molecule has 2 aromatic carbocycles. The van der Waals surface area contributed by atoms with Gasteiger partial charge in [-0.3, -0.25) is 9.59 Å². The lowest BCUT2D eigenvalue weighted by Crippen LogP contribution is -2.42. The van der Waals surface area contributed by atoms with E-state index in [4.69, 9.17) is 4.74 Å². The molecule has 1 heterocycles. The summed E-state index contributed by atoms with van der Waals surface area (Å²) >= 11 is 0. The van der Waals surface area contributed by atoms with Crippen LogP contribution in [0, 0.1) is 0 Å². The van der Waals surface area contributed by atoms with Gasteiger partial charge in [0.15, 0.2) is 11.5 Å². The predicted molar refractivity (Wildman–Crippen MR) is 90.9 cm³/mol. The van der Waals surface area contributed by atoms with Crippen LogP contribution in [0.5, 0.6) is 11.5 Å². The van der Waals surface area contributed by atoms with Crippen LogP contribution in [0.2, 0.25) is 0 Å². The Morgan fingerprint density at radius 1 is 1.24 bits per heavy atom. The highest BCUT2D eigenvalue weighted by Gasteiger charge is 2.42. The van der Waals surface area contributed by atoms with Crippen LogP contribution in [0.15, 0.2) is 42.5 Å². The average molecular weight is 341 g/mol. The van der Waals surface area contributed by atoms with Gasteiger partial charge in [-0.2, -0.15) is 0 Å². The molecular weight excluding hydrogens is 322 g/mol. The van der Waals surface area contributed by atoms with Crippen molar-refractivity contribution in [3.05, 3.63) is 59.2 Å². The highest BCUT2D eigenvalue weighted by molar-refractivity contribution is 6.00. The molecule has 1 aliphatic rings. The first-order chi connectivity index (χ1) is 12.0. The van der Waals surface area contributed by atoms with Gasteiger partial charge in [-0.05, 0) is 36.2 Å². The van der Waals surface area contributed by atoms with Crippen LogP contribution < -0.4 is 4.74 Å². The van der Waals surface area contributed by atoms with Crippen LogP contribution >= 0.6 is 0 Å². The monoisotopic (exact) mass is 341 g/mol. The van der Waals surface area contributed by atoms with Gasteiger partial charge in [-0.1, -0.05) is 24.3 Å². The van der Waals surface area contributed by atoms with Crippen molar-refractivity contribution in [2.75, 3.05) is 13.7 Å². The zero-order valence-electron chi connectivity index (χ0n) is 14.0. The number of likely N-dealkylation sites (N-methyl/N-ethyl adjacent to an activating group) is 1. The third-order valence-corrected chi connectivity index (χ3v) is 4.47. The van der Waals surface area contributed by atoms with Crippen molar-refractivity contribution in [2.24, 2.45) is 0 Å². The number of phenolic OH excluding ortho intramolecular Hbond substituents is 1. The molecule has 2 aromatic rings. The number of phenols is 1.